The van der Waals surface area contributed by atoms with Gasteiger partial charge in [-0.25, -0.2) is 0 Å². The lowest BCUT2D eigenvalue weighted by molar-refractivity contribution is -0.124. The van der Waals surface area contributed by atoms with E-state index >= 15 is 0 Å². The maximum absolute atomic E-state index is 12.0. The average Bonchev–Trinajstić information content (AvgIpc) is 2.29. The first-order valence-corrected chi connectivity index (χ1v) is 7.75. The highest BCUT2D eigenvalue weighted by atomic mass is 16.3. The molecule has 2 rings (SSSR count). The van der Waals surface area contributed by atoms with E-state index in [4.69, 9.17) is 0 Å². The van der Waals surface area contributed by atoms with Gasteiger partial charge in [-0.3, -0.25) is 9.69 Å². The Balaban J connectivity index is 1.76. The predicted octanol–water partition coefficient (Wildman–Crippen LogP) is 1.38. The number of hydrogen-bond acceptors (Lipinski definition) is 3. The lowest BCUT2D eigenvalue weighted by atomic mass is 9.85. The number of amides is 1. The highest BCUT2D eigenvalue weighted by Gasteiger charge is 2.30. The highest BCUT2D eigenvalue weighted by molar-refractivity contribution is 5.78. The van der Waals surface area contributed by atoms with Crippen molar-refractivity contribution in [1.82, 2.24) is 10.2 Å². The quantitative estimate of drug-likeness (QED) is 0.792. The summed E-state index contributed by atoms with van der Waals surface area (Å²) in [5, 5.41) is 12.9. The number of aliphatic hydroxyl groups is 1. The topological polar surface area (TPSA) is 52.6 Å². The number of carbonyl (C=O) groups excluding carboxylic acids is 1. The van der Waals surface area contributed by atoms with Gasteiger partial charge in [-0.05, 0) is 51.0 Å². The Labute approximate surface area is 116 Å². The van der Waals surface area contributed by atoms with Gasteiger partial charge in [0.05, 0.1) is 12.6 Å². The second-order valence-corrected chi connectivity index (χ2v) is 6.51. The van der Waals surface area contributed by atoms with Crippen molar-refractivity contribution in [3.05, 3.63) is 0 Å². The van der Waals surface area contributed by atoms with Gasteiger partial charge in [0.2, 0.25) is 5.91 Å². The Bertz CT molecular complexity index is 303. The highest BCUT2D eigenvalue weighted by Crippen LogP contribution is 2.26. The van der Waals surface area contributed by atoms with E-state index in [1.807, 2.05) is 6.92 Å². The molecule has 19 heavy (non-hydrogen) atoms. The van der Waals surface area contributed by atoms with E-state index in [1.54, 1.807) is 0 Å². The van der Waals surface area contributed by atoms with Gasteiger partial charge in [-0.15, -0.1) is 0 Å². The van der Waals surface area contributed by atoms with Crippen LogP contribution in [-0.2, 0) is 4.79 Å². The van der Waals surface area contributed by atoms with Gasteiger partial charge in [-0.2, -0.15) is 0 Å². The maximum Gasteiger partial charge on any atom is 0.234 e. The van der Waals surface area contributed by atoms with Crippen LogP contribution in [0, 0.1) is 11.8 Å². The lowest BCUT2D eigenvalue weighted by Gasteiger charge is -2.39. The van der Waals surface area contributed by atoms with Gasteiger partial charge >= 0.3 is 0 Å². The summed E-state index contributed by atoms with van der Waals surface area (Å²) in [7, 11) is 0. The van der Waals surface area contributed by atoms with Crippen molar-refractivity contribution < 1.29 is 9.90 Å². The molecule has 2 aliphatic rings. The number of nitrogens with one attached hydrogen (secondary N) is 1. The minimum absolute atomic E-state index is 0.118. The Morgan fingerprint density at radius 2 is 2.16 bits per heavy atom. The molecule has 110 valence electrons. The summed E-state index contributed by atoms with van der Waals surface area (Å²) < 4.78 is 0. The van der Waals surface area contributed by atoms with Gasteiger partial charge in [-0.1, -0.05) is 13.3 Å². The molecule has 1 aliphatic carbocycles. The Hall–Kier alpha value is -0.610. The van der Waals surface area contributed by atoms with E-state index in [-0.39, 0.29) is 18.1 Å². The second-order valence-electron chi connectivity index (χ2n) is 6.51. The molecule has 0 aromatic heterocycles. The van der Waals surface area contributed by atoms with Crippen LogP contribution in [0.25, 0.3) is 0 Å². The molecule has 0 aromatic rings. The first kappa shape index (κ1) is 14.8. The summed E-state index contributed by atoms with van der Waals surface area (Å²) >= 11 is 0. The molecule has 2 fully saturated rings. The normalized spacial score (nSPS) is 30.7. The van der Waals surface area contributed by atoms with Crippen LogP contribution in [0.3, 0.4) is 0 Å². The molecule has 0 aromatic carbocycles. The van der Waals surface area contributed by atoms with Crippen molar-refractivity contribution in [3.63, 3.8) is 0 Å². The fourth-order valence-corrected chi connectivity index (χ4v) is 3.13. The summed E-state index contributed by atoms with van der Waals surface area (Å²) in [6, 6.07) is 0.137. The van der Waals surface area contributed by atoms with Crippen LogP contribution < -0.4 is 5.32 Å². The lowest BCUT2D eigenvalue weighted by Crippen LogP contribution is -2.51. The number of aliphatic hydroxyl groups excluding tert-OH is 1. The van der Waals surface area contributed by atoms with Crippen molar-refractivity contribution in [2.75, 3.05) is 19.6 Å². The largest absolute Gasteiger partial charge is 0.392 e. The molecule has 1 saturated heterocycles. The minimum atomic E-state index is -0.359. The molecule has 4 nitrogen and oxygen atoms in total. The zero-order chi connectivity index (χ0) is 13.8. The maximum atomic E-state index is 12.0. The molecule has 1 amide bonds. The van der Waals surface area contributed by atoms with Crippen molar-refractivity contribution in [3.8, 4) is 0 Å². The third-order valence-corrected chi connectivity index (χ3v) is 4.74. The Morgan fingerprint density at radius 3 is 2.74 bits per heavy atom. The smallest absolute Gasteiger partial charge is 0.234 e. The van der Waals surface area contributed by atoms with Crippen LogP contribution in [0.15, 0.2) is 0 Å². The zero-order valence-corrected chi connectivity index (χ0v) is 12.3. The molecule has 3 atom stereocenters. The van der Waals surface area contributed by atoms with E-state index in [1.165, 1.54) is 19.3 Å². The van der Waals surface area contributed by atoms with E-state index < -0.39 is 0 Å². The summed E-state index contributed by atoms with van der Waals surface area (Å²) in [5.74, 6) is 1.47. The summed E-state index contributed by atoms with van der Waals surface area (Å²) in [5.41, 5.74) is 0. The molecular weight excluding hydrogens is 240 g/mol. The third kappa shape index (κ3) is 4.18. The molecular formula is C15H28N2O2. The van der Waals surface area contributed by atoms with Crippen LogP contribution >= 0.6 is 0 Å². The number of rotatable bonds is 5. The monoisotopic (exact) mass is 268 g/mol. The van der Waals surface area contributed by atoms with Gasteiger partial charge < -0.3 is 10.4 Å². The molecule has 1 heterocycles. The summed E-state index contributed by atoms with van der Waals surface area (Å²) in [6.45, 7) is 6.26. The fourth-order valence-electron chi connectivity index (χ4n) is 3.13. The van der Waals surface area contributed by atoms with Crippen LogP contribution in [-0.4, -0.2) is 47.7 Å². The van der Waals surface area contributed by atoms with Crippen molar-refractivity contribution in [2.45, 2.75) is 58.1 Å². The van der Waals surface area contributed by atoms with E-state index in [2.05, 4.69) is 17.1 Å². The van der Waals surface area contributed by atoms with Crippen LogP contribution in [0.5, 0.6) is 0 Å². The Kier molecular flexibility index (Phi) is 5.22. The number of likely N-dealkylation sites (tertiary alicyclic amines) is 1. The van der Waals surface area contributed by atoms with Crippen molar-refractivity contribution in [1.29, 1.82) is 0 Å². The number of carbonyl (C=O) groups is 1. The second kappa shape index (κ2) is 6.71. The molecule has 0 bridgehead atoms. The first-order valence-electron chi connectivity index (χ1n) is 7.75. The molecule has 1 saturated carbocycles. The van der Waals surface area contributed by atoms with Crippen molar-refractivity contribution >= 4 is 5.91 Å². The van der Waals surface area contributed by atoms with Crippen LogP contribution in [0.4, 0.5) is 0 Å². The van der Waals surface area contributed by atoms with Crippen molar-refractivity contribution in [2.24, 2.45) is 11.8 Å². The van der Waals surface area contributed by atoms with Crippen LogP contribution in [0.2, 0.25) is 0 Å². The molecule has 0 spiro atoms. The van der Waals surface area contributed by atoms with Gasteiger partial charge in [0, 0.05) is 12.6 Å². The fraction of sp³-hybridized carbons (Fsp3) is 0.933. The standard InChI is InChI=1S/C15H28N2O2/c1-11-6-7-17(14(8-11)12(2)18)10-15(19)16-9-13-4-3-5-13/h11-14,18H,3-10H2,1-2H3,(H,16,19)/t11-,12-,14-/m1/s1. The third-order valence-electron chi connectivity index (χ3n) is 4.74. The van der Waals surface area contributed by atoms with Gasteiger partial charge in [0.1, 0.15) is 0 Å². The number of nitrogens with zero attached hydrogens (tertiary/aromatic N) is 1. The van der Waals surface area contributed by atoms with Crippen LogP contribution in [0.1, 0.15) is 46.0 Å². The minimum Gasteiger partial charge on any atom is -0.392 e. The average molecular weight is 268 g/mol. The number of piperidine rings is 1. The first-order chi connectivity index (χ1) is 9.06. The predicted molar refractivity (Wildman–Crippen MR) is 75.8 cm³/mol. The molecule has 0 unspecified atom stereocenters. The van der Waals surface area contributed by atoms with E-state index in [9.17, 15) is 9.90 Å². The van der Waals surface area contributed by atoms with E-state index in [0.717, 1.165) is 25.9 Å². The molecule has 4 heteroatoms. The molecule has 0 radical (unpaired) electrons. The molecule has 2 N–H and O–H groups in total. The molecule has 1 aliphatic heterocycles. The summed E-state index contributed by atoms with van der Waals surface area (Å²) in [6.07, 6.45) is 5.60. The van der Waals surface area contributed by atoms with Gasteiger partial charge in [0.25, 0.3) is 0 Å². The zero-order valence-electron chi connectivity index (χ0n) is 12.3. The van der Waals surface area contributed by atoms with Gasteiger partial charge in [0.15, 0.2) is 0 Å². The van der Waals surface area contributed by atoms with E-state index in [0.29, 0.717) is 18.4 Å². The SMILES string of the molecule is C[C@@H]1CCN(CC(=O)NCC2CCC2)[C@@H]([C@@H](C)O)C1. The summed E-state index contributed by atoms with van der Waals surface area (Å²) in [4.78, 5) is 14.1. The number of hydrogen-bond donors (Lipinski definition) is 2. The Morgan fingerprint density at radius 1 is 1.42 bits per heavy atom.